The van der Waals surface area contributed by atoms with Gasteiger partial charge in [0.1, 0.15) is 18.1 Å². The summed E-state index contributed by atoms with van der Waals surface area (Å²) < 4.78 is 16.6. The molecule has 4 aromatic carbocycles. The Morgan fingerprint density at radius 3 is 2.41 bits per heavy atom. The zero-order valence-electron chi connectivity index (χ0n) is 20.9. The van der Waals surface area contributed by atoms with Crippen LogP contribution in [0.5, 0.6) is 17.2 Å². The normalized spacial score (nSPS) is 12.3. The Kier molecular flexibility index (Phi) is 7.94. The fraction of sp³-hybridized carbons (Fsp3) is 0.0645. The number of hydrazone groups is 1. The molecule has 2 amide bonds. The van der Waals surface area contributed by atoms with E-state index in [1.54, 1.807) is 48.5 Å². The van der Waals surface area contributed by atoms with Gasteiger partial charge in [0.05, 0.1) is 6.21 Å². The maximum atomic E-state index is 13.1. The van der Waals surface area contributed by atoms with Crippen molar-refractivity contribution in [1.82, 2.24) is 10.7 Å². The van der Waals surface area contributed by atoms with E-state index in [9.17, 15) is 9.59 Å². The lowest BCUT2D eigenvalue weighted by Gasteiger charge is -2.10. The first-order valence-electron chi connectivity index (χ1n) is 12.2. The monoisotopic (exact) mass is 519 g/mol. The number of nitrogens with zero attached hydrogens (tertiary/aromatic N) is 1. The standard InChI is InChI=1S/C31H25N3O5/c35-30(25-11-5-2-6-12-25)33-27(17-23-14-15-28-29(18-23)39-21-38-28)31(36)34-32-19-24-10-7-13-26(16-24)37-20-22-8-3-1-4-9-22/h1-19H,20-21H2,(H,33,35)(H,34,36)/b27-17+,32-19-. The Morgan fingerprint density at radius 1 is 0.821 bits per heavy atom. The maximum Gasteiger partial charge on any atom is 0.287 e. The van der Waals surface area contributed by atoms with Crippen LogP contribution in [0.4, 0.5) is 0 Å². The third-order valence-corrected chi connectivity index (χ3v) is 5.72. The quantitative estimate of drug-likeness (QED) is 0.186. The van der Waals surface area contributed by atoms with E-state index in [0.717, 1.165) is 11.1 Å². The molecule has 0 spiro atoms. The number of fused-ring (bicyclic) bond motifs is 1. The van der Waals surface area contributed by atoms with Crippen molar-refractivity contribution in [2.45, 2.75) is 6.61 Å². The van der Waals surface area contributed by atoms with Gasteiger partial charge in [-0.3, -0.25) is 9.59 Å². The number of hydrogen-bond acceptors (Lipinski definition) is 6. The number of hydrogen-bond donors (Lipinski definition) is 2. The summed E-state index contributed by atoms with van der Waals surface area (Å²) in [5.74, 6) is 0.832. The minimum atomic E-state index is -0.593. The van der Waals surface area contributed by atoms with Gasteiger partial charge >= 0.3 is 0 Å². The van der Waals surface area contributed by atoms with Gasteiger partial charge in [0.25, 0.3) is 11.8 Å². The Balaban J connectivity index is 1.28. The third-order valence-electron chi connectivity index (χ3n) is 5.72. The smallest absolute Gasteiger partial charge is 0.287 e. The second-order valence-electron chi connectivity index (χ2n) is 8.54. The van der Waals surface area contributed by atoms with E-state index >= 15 is 0 Å². The average Bonchev–Trinajstić information content (AvgIpc) is 3.45. The second kappa shape index (κ2) is 12.2. The van der Waals surface area contributed by atoms with Gasteiger partial charge in [0, 0.05) is 5.56 Å². The molecule has 194 valence electrons. The summed E-state index contributed by atoms with van der Waals surface area (Å²) in [7, 11) is 0. The number of rotatable bonds is 9. The van der Waals surface area contributed by atoms with Gasteiger partial charge in [0.2, 0.25) is 6.79 Å². The Bertz CT molecular complexity index is 1520. The molecule has 39 heavy (non-hydrogen) atoms. The van der Waals surface area contributed by atoms with E-state index in [4.69, 9.17) is 14.2 Å². The molecule has 1 aliphatic rings. The number of carbonyl (C=O) groups is 2. The predicted molar refractivity (Wildman–Crippen MR) is 147 cm³/mol. The molecule has 1 heterocycles. The van der Waals surface area contributed by atoms with Gasteiger partial charge in [-0.1, -0.05) is 66.7 Å². The highest BCUT2D eigenvalue weighted by atomic mass is 16.7. The van der Waals surface area contributed by atoms with Gasteiger partial charge in [-0.05, 0) is 59.2 Å². The second-order valence-corrected chi connectivity index (χ2v) is 8.54. The molecular weight excluding hydrogens is 494 g/mol. The van der Waals surface area contributed by atoms with Crippen molar-refractivity contribution < 1.29 is 23.8 Å². The number of carbonyl (C=O) groups excluding carboxylic acids is 2. The molecule has 0 saturated carbocycles. The number of nitrogens with one attached hydrogen (secondary N) is 2. The van der Waals surface area contributed by atoms with Crippen molar-refractivity contribution >= 4 is 24.1 Å². The van der Waals surface area contributed by atoms with Crippen molar-refractivity contribution in [3.63, 3.8) is 0 Å². The zero-order chi connectivity index (χ0) is 26.9. The van der Waals surface area contributed by atoms with E-state index in [-0.39, 0.29) is 12.5 Å². The van der Waals surface area contributed by atoms with Crippen LogP contribution in [0.1, 0.15) is 27.0 Å². The summed E-state index contributed by atoms with van der Waals surface area (Å²) in [6.45, 7) is 0.571. The van der Waals surface area contributed by atoms with Crippen LogP contribution in [-0.4, -0.2) is 24.8 Å². The molecule has 0 bridgehead atoms. The van der Waals surface area contributed by atoms with Crippen molar-refractivity contribution in [2.75, 3.05) is 6.79 Å². The molecule has 2 N–H and O–H groups in total. The van der Waals surface area contributed by atoms with Crippen LogP contribution in [0.25, 0.3) is 6.08 Å². The third kappa shape index (κ3) is 6.90. The fourth-order valence-corrected chi connectivity index (χ4v) is 3.76. The summed E-state index contributed by atoms with van der Waals surface area (Å²) >= 11 is 0. The van der Waals surface area contributed by atoms with E-state index < -0.39 is 11.8 Å². The summed E-state index contributed by atoms with van der Waals surface area (Å²) in [5.41, 5.74) is 5.35. The summed E-state index contributed by atoms with van der Waals surface area (Å²) in [5, 5.41) is 6.77. The highest BCUT2D eigenvalue weighted by molar-refractivity contribution is 6.05. The Labute approximate surface area is 225 Å². The highest BCUT2D eigenvalue weighted by Gasteiger charge is 2.17. The number of ether oxygens (including phenoxy) is 3. The molecule has 0 aromatic heterocycles. The minimum Gasteiger partial charge on any atom is -0.489 e. The first kappa shape index (κ1) is 25.3. The lowest BCUT2D eigenvalue weighted by Crippen LogP contribution is -2.32. The van der Waals surface area contributed by atoms with E-state index in [1.165, 1.54) is 6.21 Å². The zero-order valence-corrected chi connectivity index (χ0v) is 20.9. The van der Waals surface area contributed by atoms with Crippen LogP contribution in [-0.2, 0) is 11.4 Å². The molecular formula is C31H25N3O5. The van der Waals surface area contributed by atoms with Crippen LogP contribution < -0.4 is 25.0 Å². The van der Waals surface area contributed by atoms with Crippen LogP contribution in [0.3, 0.4) is 0 Å². The number of amides is 2. The van der Waals surface area contributed by atoms with Crippen molar-refractivity contribution in [2.24, 2.45) is 5.10 Å². The Hall–Kier alpha value is -5.37. The average molecular weight is 520 g/mol. The molecule has 4 aromatic rings. The summed E-state index contributed by atoms with van der Waals surface area (Å²) in [6, 6.07) is 31.1. The molecule has 1 aliphatic heterocycles. The molecule has 0 aliphatic carbocycles. The molecule has 0 radical (unpaired) electrons. The molecule has 8 nitrogen and oxygen atoms in total. The van der Waals surface area contributed by atoms with Crippen LogP contribution in [0.2, 0.25) is 0 Å². The van der Waals surface area contributed by atoms with Gasteiger partial charge in [0.15, 0.2) is 11.5 Å². The summed E-state index contributed by atoms with van der Waals surface area (Å²) in [4.78, 5) is 25.9. The molecule has 0 fully saturated rings. The molecule has 0 unspecified atom stereocenters. The lowest BCUT2D eigenvalue weighted by molar-refractivity contribution is -0.117. The van der Waals surface area contributed by atoms with Gasteiger partial charge < -0.3 is 19.5 Å². The van der Waals surface area contributed by atoms with E-state index in [1.807, 2.05) is 60.7 Å². The first-order chi connectivity index (χ1) is 19.1. The van der Waals surface area contributed by atoms with Crippen molar-refractivity contribution in [1.29, 1.82) is 0 Å². The van der Waals surface area contributed by atoms with Crippen molar-refractivity contribution in [3.05, 3.63) is 131 Å². The van der Waals surface area contributed by atoms with Gasteiger partial charge in [-0.2, -0.15) is 5.10 Å². The SMILES string of the molecule is O=C(N/N=C\c1cccc(OCc2ccccc2)c1)/C(=C\c1ccc2c(c1)OCO2)NC(=O)c1ccccc1. The Morgan fingerprint density at radius 2 is 1.59 bits per heavy atom. The highest BCUT2D eigenvalue weighted by Crippen LogP contribution is 2.33. The molecule has 5 rings (SSSR count). The topological polar surface area (TPSA) is 98.2 Å². The van der Waals surface area contributed by atoms with Crippen LogP contribution in [0, 0.1) is 0 Å². The van der Waals surface area contributed by atoms with Crippen LogP contribution in [0.15, 0.2) is 114 Å². The van der Waals surface area contributed by atoms with Gasteiger partial charge in [-0.15, -0.1) is 0 Å². The summed E-state index contributed by atoms with van der Waals surface area (Å²) in [6.07, 6.45) is 3.05. The molecule has 8 heteroatoms. The lowest BCUT2D eigenvalue weighted by atomic mass is 10.1. The number of benzene rings is 4. The largest absolute Gasteiger partial charge is 0.489 e. The fourth-order valence-electron chi connectivity index (χ4n) is 3.76. The predicted octanol–water partition coefficient (Wildman–Crippen LogP) is 4.92. The minimum absolute atomic E-state index is 0.0137. The molecule has 0 saturated heterocycles. The van der Waals surface area contributed by atoms with E-state index in [2.05, 4.69) is 15.8 Å². The van der Waals surface area contributed by atoms with Gasteiger partial charge in [-0.25, -0.2) is 5.43 Å². The van der Waals surface area contributed by atoms with Crippen molar-refractivity contribution in [3.8, 4) is 17.2 Å². The van der Waals surface area contributed by atoms with Crippen LogP contribution >= 0.6 is 0 Å². The first-order valence-corrected chi connectivity index (χ1v) is 12.2. The maximum absolute atomic E-state index is 13.1. The molecule has 0 atom stereocenters. The van der Waals surface area contributed by atoms with E-state index in [0.29, 0.717) is 35.0 Å².